The topological polar surface area (TPSA) is 61.0 Å². The fraction of sp³-hybridized carbons (Fsp3) is 0.286. The number of nitrogens with zero attached hydrogens (tertiary/aromatic N) is 2. The van der Waals surface area contributed by atoms with Crippen molar-refractivity contribution >= 4 is 23.0 Å². The zero-order valence-electron chi connectivity index (χ0n) is 11.6. The van der Waals surface area contributed by atoms with Crippen molar-refractivity contribution in [1.29, 1.82) is 0 Å². The van der Waals surface area contributed by atoms with Crippen LogP contribution in [0.3, 0.4) is 0 Å². The van der Waals surface area contributed by atoms with Gasteiger partial charge in [0.05, 0.1) is 17.6 Å². The number of nitrogens with one attached hydrogen (secondary N) is 2. The predicted octanol–water partition coefficient (Wildman–Crippen LogP) is 2.50. The summed E-state index contributed by atoms with van der Waals surface area (Å²) in [4.78, 5) is 13.1. The average molecular weight is 311 g/mol. The van der Waals surface area contributed by atoms with Crippen LogP contribution in [-0.2, 0) is 0 Å². The first-order valence-electron chi connectivity index (χ1n) is 6.52. The quantitative estimate of drug-likeness (QED) is 0.805. The standard InChI is InChI=1S/C14H16ClFN4O/c1-20(12-6-3-2-5-10(12)16)8-4-7-17-11-9-18-19-14(21)13(11)15/h2-3,5-6,9H,4,7-8H2,1H3,(H2,17,19,21). The number of hydrogen-bond acceptors (Lipinski definition) is 4. The van der Waals surface area contributed by atoms with E-state index in [-0.39, 0.29) is 10.8 Å². The van der Waals surface area contributed by atoms with E-state index in [0.29, 0.717) is 24.5 Å². The zero-order chi connectivity index (χ0) is 15.2. The van der Waals surface area contributed by atoms with Crippen LogP contribution in [-0.4, -0.2) is 30.3 Å². The molecule has 0 saturated heterocycles. The Kier molecular flexibility index (Phi) is 5.16. The van der Waals surface area contributed by atoms with Gasteiger partial charge in [-0.05, 0) is 18.6 Å². The lowest BCUT2D eigenvalue weighted by atomic mass is 10.2. The Bertz CT molecular complexity index is 661. The first-order valence-corrected chi connectivity index (χ1v) is 6.90. The molecule has 2 rings (SSSR count). The summed E-state index contributed by atoms with van der Waals surface area (Å²) in [7, 11) is 1.83. The van der Waals surface area contributed by atoms with Crippen molar-refractivity contribution in [2.75, 3.05) is 30.4 Å². The van der Waals surface area contributed by atoms with Gasteiger partial charge in [0.2, 0.25) is 0 Å². The Morgan fingerprint density at radius 2 is 2.19 bits per heavy atom. The molecule has 0 spiro atoms. The number of halogens is 2. The Hall–Kier alpha value is -2.08. The van der Waals surface area contributed by atoms with Gasteiger partial charge in [-0.25, -0.2) is 9.49 Å². The molecule has 0 atom stereocenters. The van der Waals surface area contributed by atoms with Crippen LogP contribution in [0, 0.1) is 5.82 Å². The minimum atomic E-state index is -0.426. The van der Waals surface area contributed by atoms with Gasteiger partial charge in [0.25, 0.3) is 5.56 Å². The largest absolute Gasteiger partial charge is 0.382 e. The van der Waals surface area contributed by atoms with Gasteiger partial charge in [0.1, 0.15) is 10.8 Å². The highest BCUT2D eigenvalue weighted by Gasteiger charge is 2.07. The number of anilines is 2. The minimum absolute atomic E-state index is 0.0902. The maximum atomic E-state index is 13.6. The van der Waals surface area contributed by atoms with Crippen molar-refractivity contribution in [2.45, 2.75) is 6.42 Å². The minimum Gasteiger partial charge on any atom is -0.382 e. The van der Waals surface area contributed by atoms with Crippen molar-refractivity contribution in [3.05, 3.63) is 51.7 Å². The Labute approximate surface area is 126 Å². The summed E-state index contributed by atoms with van der Waals surface area (Å²) >= 11 is 5.85. The van der Waals surface area contributed by atoms with Crippen molar-refractivity contribution in [1.82, 2.24) is 10.2 Å². The summed E-state index contributed by atoms with van der Waals surface area (Å²) in [6, 6.07) is 6.64. The molecule has 0 aliphatic heterocycles. The highest BCUT2D eigenvalue weighted by Crippen LogP contribution is 2.17. The van der Waals surface area contributed by atoms with Gasteiger partial charge in [0.15, 0.2) is 0 Å². The first kappa shape index (κ1) is 15.3. The lowest BCUT2D eigenvalue weighted by Gasteiger charge is -2.20. The second-order valence-corrected chi connectivity index (χ2v) is 4.96. The number of para-hydroxylation sites is 1. The molecular weight excluding hydrogens is 295 g/mol. The number of aromatic amines is 1. The normalized spacial score (nSPS) is 10.4. The molecule has 1 aromatic carbocycles. The van der Waals surface area contributed by atoms with Crippen LogP contribution in [0.2, 0.25) is 5.02 Å². The highest BCUT2D eigenvalue weighted by molar-refractivity contribution is 6.32. The first-order chi connectivity index (χ1) is 10.1. The van der Waals surface area contributed by atoms with Crippen LogP contribution < -0.4 is 15.8 Å². The van der Waals surface area contributed by atoms with Crippen molar-refractivity contribution < 1.29 is 4.39 Å². The second kappa shape index (κ2) is 7.08. The maximum absolute atomic E-state index is 13.6. The van der Waals surface area contributed by atoms with Crippen LogP contribution in [0.5, 0.6) is 0 Å². The lowest BCUT2D eigenvalue weighted by Crippen LogP contribution is -2.22. The Balaban J connectivity index is 1.84. The van der Waals surface area contributed by atoms with E-state index in [4.69, 9.17) is 11.6 Å². The van der Waals surface area contributed by atoms with Crippen molar-refractivity contribution in [2.24, 2.45) is 0 Å². The van der Waals surface area contributed by atoms with Gasteiger partial charge in [-0.1, -0.05) is 23.7 Å². The van der Waals surface area contributed by atoms with E-state index in [0.717, 1.165) is 6.42 Å². The van der Waals surface area contributed by atoms with Gasteiger partial charge in [-0.2, -0.15) is 5.10 Å². The van der Waals surface area contributed by atoms with E-state index >= 15 is 0 Å². The molecular formula is C14H16ClFN4O. The molecule has 2 N–H and O–H groups in total. The van der Waals surface area contributed by atoms with Crippen molar-refractivity contribution in [3.8, 4) is 0 Å². The van der Waals surface area contributed by atoms with E-state index in [9.17, 15) is 9.18 Å². The molecule has 1 heterocycles. The lowest BCUT2D eigenvalue weighted by molar-refractivity contribution is 0.621. The number of hydrogen-bond donors (Lipinski definition) is 2. The van der Waals surface area contributed by atoms with E-state index in [1.165, 1.54) is 12.3 Å². The van der Waals surface area contributed by atoms with Crippen LogP contribution in [0.15, 0.2) is 35.3 Å². The third kappa shape index (κ3) is 3.95. The van der Waals surface area contributed by atoms with Gasteiger partial charge in [-0.15, -0.1) is 0 Å². The number of H-pyrrole nitrogens is 1. The molecule has 1 aromatic heterocycles. The van der Waals surface area contributed by atoms with E-state index in [1.54, 1.807) is 18.2 Å². The van der Waals surface area contributed by atoms with Gasteiger partial charge in [-0.3, -0.25) is 4.79 Å². The summed E-state index contributed by atoms with van der Waals surface area (Å²) in [6.45, 7) is 1.27. The van der Waals surface area contributed by atoms with Crippen LogP contribution in [0.25, 0.3) is 0 Å². The smallest absolute Gasteiger partial charge is 0.285 e. The molecule has 21 heavy (non-hydrogen) atoms. The monoisotopic (exact) mass is 310 g/mol. The van der Waals surface area contributed by atoms with E-state index in [2.05, 4.69) is 15.5 Å². The second-order valence-electron chi connectivity index (χ2n) is 4.58. The third-order valence-electron chi connectivity index (χ3n) is 3.05. The highest BCUT2D eigenvalue weighted by atomic mass is 35.5. The molecule has 0 aliphatic carbocycles. The maximum Gasteiger partial charge on any atom is 0.285 e. The van der Waals surface area contributed by atoms with Crippen molar-refractivity contribution in [3.63, 3.8) is 0 Å². The average Bonchev–Trinajstić information content (AvgIpc) is 2.48. The van der Waals surface area contributed by atoms with Crippen LogP contribution in [0.4, 0.5) is 15.8 Å². The molecule has 112 valence electrons. The summed E-state index contributed by atoms with van der Waals surface area (Å²) in [5.74, 6) is -0.241. The Morgan fingerprint density at radius 3 is 2.95 bits per heavy atom. The van der Waals surface area contributed by atoms with Gasteiger partial charge < -0.3 is 10.2 Å². The van der Waals surface area contributed by atoms with E-state index < -0.39 is 5.56 Å². The molecule has 0 radical (unpaired) electrons. The Morgan fingerprint density at radius 1 is 1.43 bits per heavy atom. The van der Waals surface area contributed by atoms with Gasteiger partial charge >= 0.3 is 0 Å². The summed E-state index contributed by atoms with van der Waals surface area (Å²) in [6.07, 6.45) is 2.22. The van der Waals surface area contributed by atoms with E-state index in [1.807, 2.05) is 11.9 Å². The van der Waals surface area contributed by atoms with Crippen LogP contribution >= 0.6 is 11.6 Å². The molecule has 0 bridgehead atoms. The summed E-state index contributed by atoms with van der Waals surface area (Å²) in [5, 5.41) is 9.05. The summed E-state index contributed by atoms with van der Waals surface area (Å²) < 4.78 is 13.6. The molecule has 0 unspecified atom stereocenters. The molecule has 0 aliphatic rings. The number of aromatic nitrogens is 2. The molecule has 0 amide bonds. The predicted molar refractivity (Wildman–Crippen MR) is 82.6 cm³/mol. The molecule has 0 saturated carbocycles. The molecule has 7 heteroatoms. The fourth-order valence-electron chi connectivity index (χ4n) is 1.93. The third-order valence-corrected chi connectivity index (χ3v) is 3.42. The number of benzene rings is 1. The molecule has 0 fully saturated rings. The molecule has 5 nitrogen and oxygen atoms in total. The SMILES string of the molecule is CN(CCCNc1cn[nH]c(=O)c1Cl)c1ccccc1F. The summed E-state index contributed by atoms with van der Waals surface area (Å²) in [5.41, 5.74) is 0.632. The zero-order valence-corrected chi connectivity index (χ0v) is 12.3. The number of rotatable bonds is 6. The fourth-order valence-corrected chi connectivity index (χ4v) is 2.09. The molecule has 2 aromatic rings. The van der Waals surface area contributed by atoms with Gasteiger partial charge in [0, 0.05) is 20.1 Å². The van der Waals surface area contributed by atoms with Crippen LogP contribution in [0.1, 0.15) is 6.42 Å².